The molecule has 0 amide bonds. The van der Waals surface area contributed by atoms with Crippen LogP contribution in [0.3, 0.4) is 0 Å². The molecular weight excluding hydrogens is 290 g/mol. The molecule has 0 aliphatic carbocycles. The van der Waals surface area contributed by atoms with Crippen LogP contribution in [0.5, 0.6) is 0 Å². The first-order valence-corrected chi connectivity index (χ1v) is 9.84. The van der Waals surface area contributed by atoms with E-state index in [2.05, 4.69) is 11.9 Å². The third kappa shape index (κ3) is 17.5. The lowest BCUT2D eigenvalue weighted by Crippen LogP contribution is -2.02. The summed E-state index contributed by atoms with van der Waals surface area (Å²) in [6, 6.07) is 6.00. The van der Waals surface area contributed by atoms with E-state index in [1.807, 2.05) is 31.3 Å². The molecule has 0 fully saturated rings. The summed E-state index contributed by atoms with van der Waals surface area (Å²) >= 11 is 5.62. The van der Waals surface area contributed by atoms with E-state index in [-0.39, 0.29) is 0 Å². The highest BCUT2D eigenvalue weighted by Gasteiger charge is 1.92. The standard InChI is InChI=1S/C14H29Cl.C6H7N/c1-2-3-4-5-6-7-8-9-10-11-12-13-14-15;1-6-4-2-3-5-7-6/h2-14H2,1H3;2-5H,1H3/p+1. The average molecular weight is 327 g/mol. The molecule has 0 unspecified atom stereocenters. The van der Waals surface area contributed by atoms with Crippen LogP contribution in [0, 0.1) is 6.92 Å². The molecule has 0 aliphatic heterocycles. The summed E-state index contributed by atoms with van der Waals surface area (Å²) in [6.07, 6.45) is 18.8. The van der Waals surface area contributed by atoms with Crippen LogP contribution >= 0.6 is 11.6 Å². The fraction of sp³-hybridized carbons (Fsp3) is 0.750. The van der Waals surface area contributed by atoms with Crippen LogP contribution in [0.2, 0.25) is 0 Å². The number of rotatable bonds is 12. The molecule has 0 aromatic carbocycles. The van der Waals surface area contributed by atoms with Crippen molar-refractivity contribution in [2.75, 3.05) is 5.88 Å². The summed E-state index contributed by atoms with van der Waals surface area (Å²) in [7, 11) is 0. The monoisotopic (exact) mass is 326 g/mol. The van der Waals surface area contributed by atoms with E-state index in [9.17, 15) is 0 Å². The normalized spacial score (nSPS) is 10.1. The molecule has 1 nitrogen and oxygen atoms in total. The Bertz CT molecular complexity index is 288. The van der Waals surface area contributed by atoms with Crippen molar-refractivity contribution < 1.29 is 4.98 Å². The second-order valence-electron chi connectivity index (χ2n) is 6.12. The van der Waals surface area contributed by atoms with Gasteiger partial charge in [-0.05, 0) is 6.42 Å². The van der Waals surface area contributed by atoms with Crippen LogP contribution < -0.4 is 4.98 Å². The van der Waals surface area contributed by atoms with Crippen LogP contribution in [-0.2, 0) is 0 Å². The molecule has 1 aromatic heterocycles. The minimum atomic E-state index is 0.845. The van der Waals surface area contributed by atoms with Crippen molar-refractivity contribution in [1.29, 1.82) is 0 Å². The third-order valence-corrected chi connectivity index (χ3v) is 4.12. The van der Waals surface area contributed by atoms with Crippen molar-refractivity contribution in [1.82, 2.24) is 0 Å². The van der Waals surface area contributed by atoms with Crippen LogP contribution in [0.4, 0.5) is 0 Å². The molecule has 1 aromatic rings. The second kappa shape index (κ2) is 18.5. The molecule has 2 heteroatoms. The van der Waals surface area contributed by atoms with Crippen molar-refractivity contribution in [2.45, 2.75) is 90.9 Å². The molecule has 1 heterocycles. The van der Waals surface area contributed by atoms with Gasteiger partial charge in [-0.15, -0.1) is 11.6 Å². The number of pyridine rings is 1. The lowest BCUT2D eigenvalue weighted by molar-refractivity contribution is -0.387. The van der Waals surface area contributed by atoms with Crippen LogP contribution in [0.25, 0.3) is 0 Å². The molecule has 0 aliphatic rings. The molecule has 0 saturated heterocycles. The number of aryl methyl sites for hydroxylation is 1. The van der Waals surface area contributed by atoms with E-state index in [1.54, 1.807) is 0 Å². The summed E-state index contributed by atoms with van der Waals surface area (Å²) < 4.78 is 0. The highest BCUT2D eigenvalue weighted by molar-refractivity contribution is 6.17. The van der Waals surface area contributed by atoms with Crippen molar-refractivity contribution in [3.63, 3.8) is 0 Å². The lowest BCUT2D eigenvalue weighted by Gasteiger charge is -2.01. The largest absolute Gasteiger partial charge is 0.215 e. The summed E-state index contributed by atoms with van der Waals surface area (Å²) in [6.45, 7) is 4.31. The SMILES string of the molecule is CCCCCCCCCCCCCCCl.Cc1cccc[nH+]1. The number of aromatic nitrogens is 1. The second-order valence-corrected chi connectivity index (χ2v) is 6.50. The van der Waals surface area contributed by atoms with Crippen molar-refractivity contribution in [2.24, 2.45) is 0 Å². The molecule has 128 valence electrons. The minimum absolute atomic E-state index is 0.845. The summed E-state index contributed by atoms with van der Waals surface area (Å²) in [5.74, 6) is 0.845. The van der Waals surface area contributed by atoms with E-state index < -0.39 is 0 Å². The average Bonchev–Trinajstić information content (AvgIpc) is 2.54. The fourth-order valence-electron chi connectivity index (χ4n) is 2.42. The first-order chi connectivity index (χ1) is 10.8. The van der Waals surface area contributed by atoms with Gasteiger partial charge in [0.05, 0.1) is 0 Å². The Hall–Kier alpha value is -0.560. The number of unbranched alkanes of at least 4 members (excludes halogenated alkanes) is 11. The number of H-pyrrole nitrogens is 1. The van der Waals surface area contributed by atoms with Gasteiger partial charge in [0.1, 0.15) is 0 Å². The third-order valence-electron chi connectivity index (χ3n) is 3.85. The molecule has 0 saturated carbocycles. The lowest BCUT2D eigenvalue weighted by atomic mass is 10.1. The maximum Gasteiger partial charge on any atom is 0.176 e. The quantitative estimate of drug-likeness (QED) is 0.298. The first kappa shape index (κ1) is 21.4. The number of nitrogens with one attached hydrogen (secondary N) is 1. The molecule has 0 spiro atoms. The maximum atomic E-state index is 5.62. The number of halogens is 1. The summed E-state index contributed by atoms with van der Waals surface area (Å²) in [4.78, 5) is 3.03. The van der Waals surface area contributed by atoms with Crippen LogP contribution in [-0.4, -0.2) is 5.88 Å². The zero-order valence-electron chi connectivity index (χ0n) is 14.9. The summed E-state index contributed by atoms with van der Waals surface area (Å²) in [5, 5.41) is 0. The number of aromatic amines is 1. The van der Waals surface area contributed by atoms with E-state index in [1.165, 1.54) is 82.7 Å². The zero-order valence-corrected chi connectivity index (χ0v) is 15.6. The van der Waals surface area contributed by atoms with Crippen molar-refractivity contribution in [3.8, 4) is 0 Å². The molecule has 0 bridgehead atoms. The summed E-state index contributed by atoms with van der Waals surface area (Å²) in [5.41, 5.74) is 1.20. The van der Waals surface area contributed by atoms with Gasteiger partial charge in [-0.3, -0.25) is 0 Å². The van der Waals surface area contributed by atoms with Gasteiger partial charge in [-0.2, -0.15) is 0 Å². The molecule has 1 N–H and O–H groups in total. The minimum Gasteiger partial charge on any atom is -0.215 e. The Balaban J connectivity index is 0.000000518. The first-order valence-electron chi connectivity index (χ1n) is 9.30. The van der Waals surface area contributed by atoms with Gasteiger partial charge in [-0.25, -0.2) is 4.98 Å². The van der Waals surface area contributed by atoms with Crippen LogP contribution in [0.1, 0.15) is 89.7 Å². The van der Waals surface area contributed by atoms with Gasteiger partial charge in [0.15, 0.2) is 11.9 Å². The molecule has 0 atom stereocenters. The number of alkyl halides is 1. The Morgan fingerprint density at radius 3 is 1.59 bits per heavy atom. The molecule has 0 radical (unpaired) electrons. The number of hydrogen-bond acceptors (Lipinski definition) is 0. The van der Waals surface area contributed by atoms with Gasteiger partial charge >= 0.3 is 0 Å². The van der Waals surface area contributed by atoms with Gasteiger partial charge in [-0.1, -0.05) is 83.6 Å². The zero-order chi connectivity index (χ0) is 16.3. The Kier molecular flexibility index (Phi) is 18.0. The smallest absolute Gasteiger partial charge is 0.176 e. The fourth-order valence-corrected chi connectivity index (χ4v) is 2.61. The van der Waals surface area contributed by atoms with Gasteiger partial charge in [0, 0.05) is 24.9 Å². The van der Waals surface area contributed by atoms with Crippen molar-refractivity contribution >= 4 is 11.6 Å². The Morgan fingerprint density at radius 1 is 0.773 bits per heavy atom. The number of hydrogen-bond donors (Lipinski definition) is 0. The van der Waals surface area contributed by atoms with Gasteiger partial charge < -0.3 is 0 Å². The van der Waals surface area contributed by atoms with E-state index >= 15 is 0 Å². The highest BCUT2D eigenvalue weighted by atomic mass is 35.5. The maximum absolute atomic E-state index is 5.62. The predicted molar refractivity (Wildman–Crippen MR) is 99.5 cm³/mol. The van der Waals surface area contributed by atoms with Gasteiger partial charge in [0.25, 0.3) is 0 Å². The Labute approximate surface area is 143 Å². The van der Waals surface area contributed by atoms with E-state index in [4.69, 9.17) is 11.6 Å². The Morgan fingerprint density at radius 2 is 1.27 bits per heavy atom. The van der Waals surface area contributed by atoms with E-state index in [0.29, 0.717) is 0 Å². The van der Waals surface area contributed by atoms with Crippen LogP contribution in [0.15, 0.2) is 24.4 Å². The molecule has 1 rings (SSSR count). The van der Waals surface area contributed by atoms with E-state index in [0.717, 1.165) is 5.88 Å². The van der Waals surface area contributed by atoms with Crippen molar-refractivity contribution in [3.05, 3.63) is 30.1 Å². The van der Waals surface area contributed by atoms with Gasteiger partial charge in [0.2, 0.25) is 0 Å². The topological polar surface area (TPSA) is 14.1 Å². The predicted octanol–water partition coefficient (Wildman–Crippen LogP) is 6.74. The highest BCUT2D eigenvalue weighted by Crippen LogP contribution is 2.11. The molecule has 22 heavy (non-hydrogen) atoms. The molecular formula is C20H37ClN+.